The summed E-state index contributed by atoms with van der Waals surface area (Å²) in [5, 5.41) is 16.5. The number of aliphatic hydroxyl groups excluding tert-OH is 2. The van der Waals surface area contributed by atoms with Crippen molar-refractivity contribution in [2.24, 2.45) is 0 Å². The molecule has 0 fully saturated rings. The molecule has 0 spiro atoms. The van der Waals surface area contributed by atoms with Crippen LogP contribution in [0.4, 0.5) is 0 Å². The van der Waals surface area contributed by atoms with E-state index in [1.165, 1.54) is 96.3 Å². The van der Waals surface area contributed by atoms with Crippen molar-refractivity contribution in [3.8, 4) is 0 Å². The second-order valence-electron chi connectivity index (χ2n) is 7.01. The van der Waals surface area contributed by atoms with Gasteiger partial charge in [0.25, 0.3) is 0 Å². The maximum atomic E-state index is 9.52. The molecule has 0 aromatic heterocycles. The third kappa shape index (κ3) is 38.1. The van der Waals surface area contributed by atoms with Crippen LogP contribution in [0.25, 0.3) is 0 Å². The molecule has 0 saturated heterocycles. The maximum Gasteiger partial charge on any atom is 1.00 e. The molecule has 0 atom stereocenters. The number of hydrogen-bond donors (Lipinski definition) is 2. The maximum absolute atomic E-state index is 9.52. The molecule has 0 heterocycles. The van der Waals surface area contributed by atoms with E-state index in [0.29, 0.717) is 6.61 Å². The van der Waals surface area contributed by atoms with Gasteiger partial charge in [-0.2, -0.15) is 0 Å². The average molecular weight is 419 g/mol. The number of rotatable bonds is 18. The second-order valence-corrected chi connectivity index (χ2v) is 8.54. The van der Waals surface area contributed by atoms with Gasteiger partial charge < -0.3 is 14.8 Å². The number of hydrogen-bond acceptors (Lipinski definition) is 5. The molecule has 0 bridgehead atoms. The van der Waals surface area contributed by atoms with Crippen LogP contribution < -0.4 is 29.6 Å². The molecule has 0 saturated carbocycles. The van der Waals surface area contributed by atoms with Gasteiger partial charge in [-0.15, -0.1) is 0 Å². The van der Waals surface area contributed by atoms with E-state index in [-0.39, 0.29) is 29.6 Å². The molecule has 27 heavy (non-hydrogen) atoms. The molecule has 0 aromatic carbocycles. The first-order valence-corrected chi connectivity index (χ1v) is 12.2. The SMILES string of the molecule is CCCCCCCCCCCCCCCCCCO.O=S(=O)([O-])CCO.[Na+]. The van der Waals surface area contributed by atoms with E-state index in [0.717, 1.165) is 6.42 Å². The Morgan fingerprint density at radius 1 is 0.593 bits per heavy atom. The third-order valence-corrected chi connectivity index (χ3v) is 5.04. The first-order valence-electron chi connectivity index (χ1n) is 10.6. The third-order valence-electron chi connectivity index (χ3n) is 4.35. The summed E-state index contributed by atoms with van der Waals surface area (Å²) in [6, 6.07) is 0. The van der Waals surface area contributed by atoms with Gasteiger partial charge in [0.05, 0.1) is 22.5 Å². The summed E-state index contributed by atoms with van der Waals surface area (Å²) in [5.41, 5.74) is 0. The number of aliphatic hydroxyl groups is 2. The van der Waals surface area contributed by atoms with Crippen LogP contribution in [0.15, 0.2) is 0 Å². The van der Waals surface area contributed by atoms with Crippen LogP contribution >= 0.6 is 0 Å². The topological polar surface area (TPSA) is 97.7 Å². The van der Waals surface area contributed by atoms with Gasteiger partial charge >= 0.3 is 29.6 Å². The van der Waals surface area contributed by atoms with Crippen LogP contribution in [-0.4, -0.2) is 42.2 Å². The fraction of sp³-hybridized carbons (Fsp3) is 1.00. The van der Waals surface area contributed by atoms with E-state index in [1.807, 2.05) is 0 Å². The Balaban J connectivity index is -0.000000612. The van der Waals surface area contributed by atoms with Crippen molar-refractivity contribution < 1.29 is 52.7 Å². The molecule has 0 unspecified atom stereocenters. The zero-order valence-electron chi connectivity index (χ0n) is 18.0. The van der Waals surface area contributed by atoms with Gasteiger partial charge in [-0.3, -0.25) is 0 Å². The minimum Gasteiger partial charge on any atom is -0.748 e. The van der Waals surface area contributed by atoms with E-state index >= 15 is 0 Å². The zero-order valence-corrected chi connectivity index (χ0v) is 20.8. The molecular formula is C20H43NaO5S. The Labute approximate surface area is 190 Å². The van der Waals surface area contributed by atoms with Crippen molar-refractivity contribution in [1.29, 1.82) is 0 Å². The molecule has 160 valence electrons. The van der Waals surface area contributed by atoms with Crippen LogP contribution in [-0.2, 0) is 10.1 Å². The molecule has 0 radical (unpaired) electrons. The van der Waals surface area contributed by atoms with E-state index in [2.05, 4.69) is 6.92 Å². The van der Waals surface area contributed by atoms with Gasteiger partial charge in [-0.1, -0.05) is 103 Å². The van der Waals surface area contributed by atoms with Crippen LogP contribution in [0.3, 0.4) is 0 Å². The van der Waals surface area contributed by atoms with Crippen molar-refractivity contribution in [2.45, 2.75) is 110 Å². The van der Waals surface area contributed by atoms with Gasteiger partial charge in [0.1, 0.15) is 0 Å². The Morgan fingerprint density at radius 2 is 0.889 bits per heavy atom. The largest absolute Gasteiger partial charge is 1.00 e. The van der Waals surface area contributed by atoms with Crippen molar-refractivity contribution in [3.05, 3.63) is 0 Å². The molecule has 7 heteroatoms. The first kappa shape index (κ1) is 32.5. The van der Waals surface area contributed by atoms with E-state index in [4.69, 9.17) is 10.2 Å². The van der Waals surface area contributed by atoms with Gasteiger partial charge in [0.2, 0.25) is 0 Å². The Kier molecular flexibility index (Phi) is 32.3. The fourth-order valence-corrected chi connectivity index (χ4v) is 3.00. The zero-order chi connectivity index (χ0) is 19.9. The predicted molar refractivity (Wildman–Crippen MR) is 108 cm³/mol. The molecular weight excluding hydrogens is 375 g/mol. The average Bonchev–Trinajstić information content (AvgIpc) is 2.58. The van der Waals surface area contributed by atoms with Crippen molar-refractivity contribution in [2.75, 3.05) is 19.0 Å². The van der Waals surface area contributed by atoms with Gasteiger partial charge in [-0.25, -0.2) is 8.42 Å². The molecule has 0 rings (SSSR count). The summed E-state index contributed by atoms with van der Waals surface area (Å²) in [6.07, 6.45) is 22.2. The smallest absolute Gasteiger partial charge is 0.748 e. The Bertz CT molecular complexity index is 334. The van der Waals surface area contributed by atoms with Crippen LogP contribution in [0.5, 0.6) is 0 Å². The minimum atomic E-state index is -4.17. The quantitative estimate of drug-likeness (QED) is 0.201. The normalized spacial score (nSPS) is 10.8. The van der Waals surface area contributed by atoms with E-state index in [1.54, 1.807) is 0 Å². The summed E-state index contributed by atoms with van der Waals surface area (Å²) >= 11 is 0. The van der Waals surface area contributed by atoms with Crippen LogP contribution in [0.2, 0.25) is 0 Å². The summed E-state index contributed by atoms with van der Waals surface area (Å²) in [7, 11) is -4.17. The second kappa shape index (κ2) is 26.8. The predicted octanol–water partition coefficient (Wildman–Crippen LogP) is 1.77. The van der Waals surface area contributed by atoms with Gasteiger partial charge in [0.15, 0.2) is 0 Å². The minimum absolute atomic E-state index is 0. The first-order chi connectivity index (χ1) is 12.5. The van der Waals surface area contributed by atoms with Crippen molar-refractivity contribution in [1.82, 2.24) is 0 Å². The molecule has 2 N–H and O–H groups in total. The summed E-state index contributed by atoms with van der Waals surface area (Å²) in [4.78, 5) is 0. The standard InChI is InChI=1S/C18H38O.C2H6O4S.Na/c1-2-3-4-5-6-7-8-9-10-11-12-13-14-15-16-17-18-19;3-1-2-7(4,5)6;/h19H,2-18H2,1H3;3H,1-2H2,(H,4,5,6);/q;;+1/p-1. The summed E-state index contributed by atoms with van der Waals surface area (Å²) in [6.45, 7) is 2.07. The summed E-state index contributed by atoms with van der Waals surface area (Å²) in [5.74, 6) is -0.688. The van der Waals surface area contributed by atoms with Crippen molar-refractivity contribution >= 4 is 10.1 Å². The molecule has 0 aliphatic carbocycles. The summed E-state index contributed by atoms with van der Waals surface area (Å²) < 4.78 is 28.5. The number of unbranched alkanes of at least 4 members (excludes halogenated alkanes) is 15. The van der Waals surface area contributed by atoms with Crippen molar-refractivity contribution in [3.63, 3.8) is 0 Å². The molecule has 0 aliphatic heterocycles. The molecule has 5 nitrogen and oxygen atoms in total. The Hall–Kier alpha value is 0.830. The van der Waals surface area contributed by atoms with Crippen LogP contribution in [0.1, 0.15) is 110 Å². The molecule has 0 aromatic rings. The van der Waals surface area contributed by atoms with E-state index in [9.17, 15) is 13.0 Å². The van der Waals surface area contributed by atoms with Gasteiger partial charge in [-0.05, 0) is 6.42 Å². The molecule has 0 amide bonds. The van der Waals surface area contributed by atoms with E-state index < -0.39 is 22.5 Å². The monoisotopic (exact) mass is 418 g/mol. The Morgan fingerprint density at radius 3 is 1.07 bits per heavy atom. The molecule has 0 aliphatic rings. The van der Waals surface area contributed by atoms with Gasteiger partial charge in [0, 0.05) is 6.61 Å². The fourth-order valence-electron chi connectivity index (χ4n) is 2.77. The van der Waals surface area contributed by atoms with Crippen LogP contribution in [0, 0.1) is 0 Å².